The molecule has 0 unspecified atom stereocenters. The normalized spacial score (nSPS) is 10.9. The Kier molecular flexibility index (Phi) is 6.89. The minimum Gasteiger partial charge on any atom is -0.465 e. The zero-order valence-electron chi connectivity index (χ0n) is 9.35. The zero-order valence-corrected chi connectivity index (χ0v) is 10.9. The Labute approximate surface area is 105 Å². The van der Waals surface area contributed by atoms with E-state index in [0.717, 1.165) is 6.26 Å². The SMILES string of the molecule is CS(=O)(=O)CCN(CCNC(=O)O)C(=O)CCl. The van der Waals surface area contributed by atoms with Crippen LogP contribution in [0.25, 0.3) is 0 Å². The fraction of sp³-hybridized carbons (Fsp3) is 0.750. The summed E-state index contributed by atoms with van der Waals surface area (Å²) in [6.45, 7) is 0.126. The predicted molar refractivity (Wildman–Crippen MR) is 63.0 cm³/mol. The summed E-state index contributed by atoms with van der Waals surface area (Å²) in [7, 11) is -3.18. The number of carbonyl (C=O) groups excluding carboxylic acids is 1. The van der Waals surface area contributed by atoms with Gasteiger partial charge in [-0.1, -0.05) is 0 Å². The highest BCUT2D eigenvalue weighted by molar-refractivity contribution is 7.90. The summed E-state index contributed by atoms with van der Waals surface area (Å²) in [4.78, 5) is 22.7. The molecule has 0 aromatic rings. The van der Waals surface area contributed by atoms with Gasteiger partial charge in [0, 0.05) is 25.9 Å². The molecule has 0 saturated carbocycles. The molecule has 7 nitrogen and oxygen atoms in total. The van der Waals surface area contributed by atoms with Crippen LogP contribution in [-0.4, -0.2) is 67.9 Å². The molecule has 0 heterocycles. The summed E-state index contributed by atoms with van der Waals surface area (Å²) >= 11 is 5.36. The monoisotopic (exact) mass is 286 g/mol. The van der Waals surface area contributed by atoms with Crippen LogP contribution in [0.5, 0.6) is 0 Å². The molecule has 17 heavy (non-hydrogen) atoms. The summed E-state index contributed by atoms with van der Waals surface area (Å²) in [5.41, 5.74) is 0. The van der Waals surface area contributed by atoms with Gasteiger partial charge in [0.05, 0.1) is 5.75 Å². The first-order chi connectivity index (χ1) is 7.76. The van der Waals surface area contributed by atoms with Crippen molar-refractivity contribution >= 4 is 33.4 Å². The van der Waals surface area contributed by atoms with E-state index >= 15 is 0 Å². The quantitative estimate of drug-likeness (QED) is 0.606. The maximum Gasteiger partial charge on any atom is 0.404 e. The first-order valence-corrected chi connectivity index (χ1v) is 7.34. The van der Waals surface area contributed by atoms with Crippen molar-refractivity contribution in [2.45, 2.75) is 0 Å². The van der Waals surface area contributed by atoms with Gasteiger partial charge in [0.25, 0.3) is 0 Å². The van der Waals surface area contributed by atoms with E-state index in [9.17, 15) is 18.0 Å². The first-order valence-electron chi connectivity index (χ1n) is 4.74. The highest BCUT2D eigenvalue weighted by atomic mass is 35.5. The predicted octanol–water partition coefficient (Wildman–Crippen LogP) is -0.634. The Morgan fingerprint density at radius 2 is 1.94 bits per heavy atom. The summed E-state index contributed by atoms with van der Waals surface area (Å²) in [6, 6.07) is 0. The van der Waals surface area contributed by atoms with Crippen molar-refractivity contribution in [2.24, 2.45) is 0 Å². The summed E-state index contributed by atoms with van der Waals surface area (Å²) in [5.74, 6) is -0.873. The highest BCUT2D eigenvalue weighted by Gasteiger charge is 2.14. The lowest BCUT2D eigenvalue weighted by Gasteiger charge is -2.21. The number of nitrogens with one attached hydrogen (secondary N) is 1. The molecule has 0 aliphatic heterocycles. The van der Waals surface area contributed by atoms with Crippen molar-refractivity contribution in [2.75, 3.05) is 37.5 Å². The lowest BCUT2D eigenvalue weighted by atomic mass is 10.4. The van der Waals surface area contributed by atoms with Crippen LogP contribution < -0.4 is 5.32 Å². The third-order valence-corrected chi connectivity index (χ3v) is 3.01. The van der Waals surface area contributed by atoms with Crippen LogP contribution in [0, 0.1) is 0 Å². The minimum absolute atomic E-state index is 0.00564. The van der Waals surface area contributed by atoms with E-state index in [2.05, 4.69) is 5.32 Å². The van der Waals surface area contributed by atoms with Gasteiger partial charge in [-0.15, -0.1) is 11.6 Å². The first kappa shape index (κ1) is 16.0. The molecule has 0 rings (SSSR count). The minimum atomic E-state index is -3.18. The summed E-state index contributed by atoms with van der Waals surface area (Å²) < 4.78 is 21.9. The second kappa shape index (κ2) is 7.33. The number of carboxylic acid groups (broad SMARTS) is 1. The van der Waals surface area contributed by atoms with E-state index in [1.165, 1.54) is 4.90 Å². The fourth-order valence-electron chi connectivity index (χ4n) is 1.02. The number of halogens is 1. The van der Waals surface area contributed by atoms with Crippen molar-refractivity contribution in [1.82, 2.24) is 10.2 Å². The van der Waals surface area contributed by atoms with Crippen molar-refractivity contribution in [3.05, 3.63) is 0 Å². The largest absolute Gasteiger partial charge is 0.465 e. The molecule has 0 aliphatic carbocycles. The topological polar surface area (TPSA) is 104 Å². The Hall–Kier alpha value is -1.02. The van der Waals surface area contributed by atoms with Crippen molar-refractivity contribution < 1.29 is 23.1 Å². The lowest BCUT2D eigenvalue weighted by molar-refractivity contribution is -0.128. The van der Waals surface area contributed by atoms with Crippen LogP contribution in [0.2, 0.25) is 0 Å². The molecule has 0 bridgehead atoms. The standard InChI is InChI=1S/C8H15ClN2O5S/c1-17(15,16)5-4-11(7(12)6-9)3-2-10-8(13)14/h10H,2-6H2,1H3,(H,13,14). The number of hydrogen-bond donors (Lipinski definition) is 2. The number of sulfone groups is 1. The summed E-state index contributed by atoms with van der Waals surface area (Å²) in [6.07, 6.45) is -0.141. The molecular formula is C8H15ClN2O5S. The number of alkyl halides is 1. The van der Waals surface area contributed by atoms with Crippen LogP contribution in [0.4, 0.5) is 4.79 Å². The molecule has 100 valence electrons. The Morgan fingerprint density at radius 1 is 1.35 bits per heavy atom. The van der Waals surface area contributed by atoms with Crippen molar-refractivity contribution in [3.8, 4) is 0 Å². The van der Waals surface area contributed by atoms with Crippen LogP contribution in [0.1, 0.15) is 0 Å². The third kappa shape index (κ3) is 8.75. The Bertz CT molecular complexity index is 370. The van der Waals surface area contributed by atoms with Gasteiger partial charge in [-0.05, 0) is 0 Å². The number of carbonyl (C=O) groups is 2. The van der Waals surface area contributed by atoms with Gasteiger partial charge in [0.2, 0.25) is 5.91 Å². The van der Waals surface area contributed by atoms with E-state index in [1.807, 2.05) is 0 Å². The van der Waals surface area contributed by atoms with E-state index in [0.29, 0.717) is 0 Å². The van der Waals surface area contributed by atoms with Gasteiger partial charge >= 0.3 is 6.09 Å². The second-order valence-corrected chi connectivity index (χ2v) is 5.90. The number of rotatable bonds is 7. The van der Waals surface area contributed by atoms with E-state index in [1.54, 1.807) is 0 Å². The average molecular weight is 287 g/mol. The molecule has 9 heteroatoms. The van der Waals surface area contributed by atoms with Gasteiger partial charge < -0.3 is 15.3 Å². The third-order valence-electron chi connectivity index (χ3n) is 1.86. The lowest BCUT2D eigenvalue weighted by Crippen LogP contribution is -2.41. The number of nitrogens with zero attached hydrogens (tertiary/aromatic N) is 1. The maximum atomic E-state index is 11.3. The second-order valence-electron chi connectivity index (χ2n) is 3.38. The highest BCUT2D eigenvalue weighted by Crippen LogP contribution is 1.94. The smallest absolute Gasteiger partial charge is 0.404 e. The molecular weight excluding hydrogens is 272 g/mol. The van der Waals surface area contributed by atoms with Crippen LogP contribution >= 0.6 is 11.6 Å². The fourth-order valence-corrected chi connectivity index (χ4v) is 1.74. The maximum absolute atomic E-state index is 11.3. The van der Waals surface area contributed by atoms with Crippen LogP contribution in [0.3, 0.4) is 0 Å². The summed E-state index contributed by atoms with van der Waals surface area (Å²) in [5, 5.41) is 10.4. The van der Waals surface area contributed by atoms with Crippen molar-refractivity contribution in [3.63, 3.8) is 0 Å². The Morgan fingerprint density at radius 3 is 2.35 bits per heavy atom. The van der Waals surface area contributed by atoms with Gasteiger partial charge in [-0.25, -0.2) is 13.2 Å². The van der Waals surface area contributed by atoms with Gasteiger partial charge in [0.1, 0.15) is 15.7 Å². The average Bonchev–Trinajstić information content (AvgIpc) is 2.20. The molecule has 0 atom stereocenters. The molecule has 0 saturated heterocycles. The van der Waals surface area contributed by atoms with Gasteiger partial charge in [-0.3, -0.25) is 4.79 Å². The van der Waals surface area contributed by atoms with Gasteiger partial charge in [-0.2, -0.15) is 0 Å². The molecule has 0 aliphatic rings. The van der Waals surface area contributed by atoms with Gasteiger partial charge in [0.15, 0.2) is 0 Å². The molecule has 0 aromatic carbocycles. The van der Waals surface area contributed by atoms with Crippen molar-refractivity contribution in [1.29, 1.82) is 0 Å². The number of hydrogen-bond acceptors (Lipinski definition) is 4. The van der Waals surface area contributed by atoms with Crippen LogP contribution in [0.15, 0.2) is 0 Å². The molecule has 0 fully saturated rings. The molecule has 2 amide bonds. The molecule has 0 spiro atoms. The van der Waals surface area contributed by atoms with E-state index < -0.39 is 21.8 Å². The van der Waals surface area contributed by atoms with E-state index in [4.69, 9.17) is 16.7 Å². The Balaban J connectivity index is 4.24. The molecule has 0 radical (unpaired) electrons. The number of amides is 2. The zero-order chi connectivity index (χ0) is 13.5. The van der Waals surface area contributed by atoms with E-state index in [-0.39, 0.29) is 31.3 Å². The molecule has 2 N–H and O–H groups in total. The molecule has 0 aromatic heterocycles. The van der Waals surface area contributed by atoms with Crippen LogP contribution in [-0.2, 0) is 14.6 Å².